The van der Waals surface area contributed by atoms with Gasteiger partial charge in [-0.1, -0.05) is 18.2 Å². The topological polar surface area (TPSA) is 38.3 Å². The molecule has 0 fully saturated rings. The third-order valence-corrected chi connectivity index (χ3v) is 5.12. The maximum atomic E-state index is 13.3. The number of ether oxygens (including phenoxy) is 1. The summed E-state index contributed by atoms with van der Waals surface area (Å²) in [5, 5.41) is 3.00. The number of thioether (sulfide) groups is 1. The fourth-order valence-electron chi connectivity index (χ4n) is 2.51. The van der Waals surface area contributed by atoms with Gasteiger partial charge in [0.2, 0.25) is 5.91 Å². The normalized spacial score (nSPS) is 11.9. The molecule has 3 nitrogen and oxygen atoms in total. The van der Waals surface area contributed by atoms with Crippen molar-refractivity contribution in [2.75, 3.05) is 12.9 Å². The average molecular weight is 361 g/mol. The van der Waals surface area contributed by atoms with Crippen LogP contribution < -0.4 is 10.1 Å². The first kappa shape index (κ1) is 19.3. The van der Waals surface area contributed by atoms with E-state index in [1.54, 1.807) is 13.2 Å². The average Bonchev–Trinajstić information content (AvgIpc) is 2.57. The summed E-state index contributed by atoms with van der Waals surface area (Å²) in [4.78, 5) is 12.2. The van der Waals surface area contributed by atoms with E-state index in [1.165, 1.54) is 35.0 Å². The van der Waals surface area contributed by atoms with E-state index in [0.29, 0.717) is 17.3 Å². The minimum atomic E-state index is -0.302. The second-order valence-corrected chi connectivity index (χ2v) is 7.07. The van der Waals surface area contributed by atoms with E-state index in [0.717, 1.165) is 11.1 Å². The molecule has 0 radical (unpaired) electrons. The van der Waals surface area contributed by atoms with Crippen molar-refractivity contribution < 1.29 is 13.9 Å². The Morgan fingerprint density at radius 1 is 1.20 bits per heavy atom. The van der Waals surface area contributed by atoms with Gasteiger partial charge in [-0.3, -0.25) is 4.79 Å². The van der Waals surface area contributed by atoms with Gasteiger partial charge in [0.05, 0.1) is 18.9 Å². The number of benzene rings is 2. The summed E-state index contributed by atoms with van der Waals surface area (Å²) in [5.41, 5.74) is 4.30. The highest BCUT2D eigenvalue weighted by Crippen LogP contribution is 2.24. The third-order valence-electron chi connectivity index (χ3n) is 4.14. The molecule has 2 rings (SSSR count). The monoisotopic (exact) mass is 361 g/mol. The van der Waals surface area contributed by atoms with E-state index in [9.17, 15) is 9.18 Å². The lowest BCUT2D eigenvalue weighted by atomic mass is 10.0. The molecule has 134 valence electrons. The van der Waals surface area contributed by atoms with Crippen molar-refractivity contribution in [2.45, 2.75) is 32.6 Å². The fourth-order valence-corrected chi connectivity index (χ4v) is 3.33. The maximum absolute atomic E-state index is 13.3. The van der Waals surface area contributed by atoms with E-state index in [-0.39, 0.29) is 17.8 Å². The van der Waals surface area contributed by atoms with Crippen molar-refractivity contribution in [2.24, 2.45) is 0 Å². The van der Waals surface area contributed by atoms with Crippen molar-refractivity contribution in [1.29, 1.82) is 0 Å². The van der Waals surface area contributed by atoms with Crippen LogP contribution >= 0.6 is 11.8 Å². The number of hydrogen-bond acceptors (Lipinski definition) is 3. The number of rotatable bonds is 7. The van der Waals surface area contributed by atoms with Crippen LogP contribution in [0.4, 0.5) is 4.39 Å². The van der Waals surface area contributed by atoms with Crippen LogP contribution in [-0.4, -0.2) is 18.8 Å². The van der Waals surface area contributed by atoms with Gasteiger partial charge in [-0.2, -0.15) is 0 Å². The smallest absolute Gasteiger partial charge is 0.230 e. The number of halogens is 1. The molecule has 0 saturated carbocycles. The number of carbonyl (C=O) groups is 1. The molecule has 0 bridgehead atoms. The van der Waals surface area contributed by atoms with Crippen molar-refractivity contribution >= 4 is 17.7 Å². The van der Waals surface area contributed by atoms with Gasteiger partial charge < -0.3 is 10.1 Å². The second-order valence-electron chi connectivity index (χ2n) is 6.08. The van der Waals surface area contributed by atoms with Gasteiger partial charge in [0.15, 0.2) is 0 Å². The minimum Gasteiger partial charge on any atom is -0.496 e. The summed E-state index contributed by atoms with van der Waals surface area (Å²) >= 11 is 1.44. The van der Waals surface area contributed by atoms with Gasteiger partial charge in [0.1, 0.15) is 11.6 Å². The Balaban J connectivity index is 1.86. The van der Waals surface area contributed by atoms with Crippen LogP contribution in [0, 0.1) is 19.7 Å². The van der Waals surface area contributed by atoms with Crippen LogP contribution in [0.1, 0.15) is 35.2 Å². The van der Waals surface area contributed by atoms with Crippen LogP contribution in [0.3, 0.4) is 0 Å². The van der Waals surface area contributed by atoms with Gasteiger partial charge in [-0.15, -0.1) is 11.8 Å². The molecule has 0 aliphatic rings. The van der Waals surface area contributed by atoms with Crippen LogP contribution in [0.15, 0.2) is 36.4 Å². The molecule has 5 heteroatoms. The lowest BCUT2D eigenvalue weighted by Gasteiger charge is -2.16. The lowest BCUT2D eigenvalue weighted by molar-refractivity contribution is -0.119. The maximum Gasteiger partial charge on any atom is 0.230 e. The number of aryl methyl sites for hydroxylation is 2. The van der Waals surface area contributed by atoms with Gasteiger partial charge in [-0.05, 0) is 55.7 Å². The van der Waals surface area contributed by atoms with Crippen molar-refractivity contribution in [3.8, 4) is 5.75 Å². The van der Waals surface area contributed by atoms with Crippen molar-refractivity contribution in [3.63, 3.8) is 0 Å². The van der Waals surface area contributed by atoms with Crippen molar-refractivity contribution in [3.05, 3.63) is 64.5 Å². The highest BCUT2D eigenvalue weighted by atomic mass is 32.2. The van der Waals surface area contributed by atoms with Crippen LogP contribution in [0.2, 0.25) is 0 Å². The number of hydrogen-bond donors (Lipinski definition) is 1. The number of carbonyl (C=O) groups excluding carboxylic acids is 1. The van der Waals surface area contributed by atoms with E-state index in [1.807, 2.05) is 13.0 Å². The van der Waals surface area contributed by atoms with Crippen LogP contribution in [-0.2, 0) is 10.5 Å². The predicted octanol–water partition coefficient (Wildman–Crippen LogP) is 4.56. The van der Waals surface area contributed by atoms with E-state index >= 15 is 0 Å². The summed E-state index contributed by atoms with van der Waals surface area (Å²) in [5.74, 6) is 1.13. The molecule has 0 aromatic heterocycles. The molecule has 0 unspecified atom stereocenters. The Morgan fingerprint density at radius 3 is 2.64 bits per heavy atom. The van der Waals surface area contributed by atoms with E-state index in [2.05, 4.69) is 31.3 Å². The largest absolute Gasteiger partial charge is 0.496 e. The molecule has 2 aromatic carbocycles. The number of nitrogens with one attached hydrogen (secondary N) is 1. The van der Waals surface area contributed by atoms with E-state index < -0.39 is 0 Å². The molecule has 0 saturated heterocycles. The Morgan fingerprint density at radius 2 is 1.96 bits per heavy atom. The third kappa shape index (κ3) is 5.49. The predicted molar refractivity (Wildman–Crippen MR) is 102 cm³/mol. The molecular weight excluding hydrogens is 337 g/mol. The summed E-state index contributed by atoms with van der Waals surface area (Å²) in [6.45, 7) is 6.11. The number of amides is 1. The molecule has 1 N–H and O–H groups in total. The minimum absolute atomic E-state index is 0.0360. The fraction of sp³-hybridized carbons (Fsp3) is 0.350. The Hall–Kier alpha value is -2.01. The molecule has 2 aromatic rings. The molecule has 0 spiro atoms. The molecular formula is C20H24FNO2S. The first-order chi connectivity index (χ1) is 11.9. The molecule has 0 aliphatic heterocycles. The van der Waals surface area contributed by atoms with Gasteiger partial charge in [-0.25, -0.2) is 4.39 Å². The quantitative estimate of drug-likeness (QED) is 0.785. The zero-order valence-electron chi connectivity index (χ0n) is 15.1. The highest BCUT2D eigenvalue weighted by Gasteiger charge is 2.11. The SMILES string of the molecule is COc1ccc(F)cc1CSCC(=O)N[C@H](C)c1ccc(C)c(C)c1. The Kier molecular flexibility index (Phi) is 6.88. The molecule has 0 aliphatic carbocycles. The summed E-state index contributed by atoms with van der Waals surface area (Å²) in [7, 11) is 1.55. The van der Waals surface area contributed by atoms with Gasteiger partial charge in [0, 0.05) is 11.3 Å². The highest BCUT2D eigenvalue weighted by molar-refractivity contribution is 7.99. The Labute approximate surface area is 153 Å². The molecule has 1 amide bonds. The lowest BCUT2D eigenvalue weighted by Crippen LogP contribution is -2.28. The van der Waals surface area contributed by atoms with E-state index in [4.69, 9.17) is 4.74 Å². The summed E-state index contributed by atoms with van der Waals surface area (Å²) in [6.07, 6.45) is 0. The zero-order chi connectivity index (χ0) is 18.4. The first-order valence-corrected chi connectivity index (χ1v) is 9.33. The molecule has 0 heterocycles. The summed E-state index contributed by atoms with van der Waals surface area (Å²) < 4.78 is 18.6. The first-order valence-electron chi connectivity index (χ1n) is 8.17. The number of methoxy groups -OCH3 is 1. The second kappa shape index (κ2) is 8.90. The summed E-state index contributed by atoms with van der Waals surface area (Å²) in [6, 6.07) is 10.6. The molecule has 1 atom stereocenters. The zero-order valence-corrected chi connectivity index (χ0v) is 15.9. The Bertz CT molecular complexity index is 748. The van der Waals surface area contributed by atoms with Crippen LogP contribution in [0.25, 0.3) is 0 Å². The van der Waals surface area contributed by atoms with Gasteiger partial charge in [0.25, 0.3) is 0 Å². The molecule has 25 heavy (non-hydrogen) atoms. The van der Waals surface area contributed by atoms with Crippen molar-refractivity contribution in [1.82, 2.24) is 5.32 Å². The standard InChI is InChI=1S/C20H24FNO2S/c1-13-5-6-16(9-14(13)2)15(3)22-20(23)12-25-11-17-10-18(21)7-8-19(17)24-4/h5-10,15H,11-12H2,1-4H3,(H,22,23)/t15-/m1/s1. The van der Waals surface area contributed by atoms with Gasteiger partial charge >= 0.3 is 0 Å². The van der Waals surface area contributed by atoms with Crippen LogP contribution in [0.5, 0.6) is 5.75 Å².